The van der Waals surface area contributed by atoms with Crippen molar-refractivity contribution < 1.29 is 19.4 Å². The van der Waals surface area contributed by atoms with Crippen molar-refractivity contribution in [3.05, 3.63) is 48.5 Å². The third-order valence-electron chi connectivity index (χ3n) is 4.66. The lowest BCUT2D eigenvalue weighted by Gasteiger charge is -2.27. The molecule has 6 heteroatoms. The minimum absolute atomic E-state index is 0.232. The van der Waals surface area contributed by atoms with E-state index >= 15 is 0 Å². The lowest BCUT2D eigenvalue weighted by molar-refractivity contribution is -0.147. The number of carbonyl (C=O) groups is 2. The Hall–Kier alpha value is -3.02. The number of carbonyl (C=O) groups excluding carboxylic acids is 1. The second-order valence-corrected chi connectivity index (χ2v) is 6.52. The molecule has 2 atom stereocenters. The zero-order chi connectivity index (χ0) is 18.5. The lowest BCUT2D eigenvalue weighted by atomic mass is 9.78. The fourth-order valence-corrected chi connectivity index (χ4v) is 3.25. The summed E-state index contributed by atoms with van der Waals surface area (Å²) < 4.78 is 5.71. The normalized spacial score (nSPS) is 19.5. The van der Waals surface area contributed by atoms with E-state index in [-0.39, 0.29) is 5.91 Å². The number of rotatable bonds is 5. The van der Waals surface area contributed by atoms with Crippen LogP contribution in [0.3, 0.4) is 0 Å². The summed E-state index contributed by atoms with van der Waals surface area (Å²) in [4.78, 5) is 23.8. The molecule has 2 unspecified atom stereocenters. The zero-order valence-electron chi connectivity index (χ0n) is 14.4. The van der Waals surface area contributed by atoms with E-state index in [4.69, 9.17) is 10.5 Å². The first-order chi connectivity index (χ1) is 12.5. The van der Waals surface area contributed by atoms with E-state index in [1.54, 1.807) is 48.5 Å². The molecular weight excluding hydrogens is 332 g/mol. The molecule has 1 aliphatic rings. The number of anilines is 2. The predicted octanol–water partition coefficient (Wildman–Crippen LogP) is 3.89. The van der Waals surface area contributed by atoms with Gasteiger partial charge >= 0.3 is 5.97 Å². The number of nitrogens with two attached hydrogens (primary N) is 1. The highest BCUT2D eigenvalue weighted by molar-refractivity contribution is 5.95. The molecule has 0 spiro atoms. The maximum absolute atomic E-state index is 12.5. The van der Waals surface area contributed by atoms with Gasteiger partial charge in [0.15, 0.2) is 0 Å². The van der Waals surface area contributed by atoms with E-state index < -0.39 is 17.8 Å². The SMILES string of the molecule is Nc1ccc(Oc2ccc(NC(=O)C3CCCCC3C(=O)O)cc2)cc1. The molecule has 0 bridgehead atoms. The quantitative estimate of drug-likeness (QED) is 0.707. The Kier molecular flexibility index (Phi) is 5.41. The first-order valence-electron chi connectivity index (χ1n) is 8.70. The Morgan fingerprint density at radius 3 is 2.04 bits per heavy atom. The highest BCUT2D eigenvalue weighted by Crippen LogP contribution is 2.31. The first kappa shape index (κ1) is 17.8. The van der Waals surface area contributed by atoms with Crippen LogP contribution < -0.4 is 15.8 Å². The van der Waals surface area contributed by atoms with Crippen molar-refractivity contribution in [3.8, 4) is 11.5 Å². The van der Waals surface area contributed by atoms with Gasteiger partial charge < -0.3 is 20.9 Å². The molecule has 6 nitrogen and oxygen atoms in total. The third-order valence-corrected chi connectivity index (χ3v) is 4.66. The molecule has 2 aromatic rings. The Morgan fingerprint density at radius 1 is 0.923 bits per heavy atom. The number of amides is 1. The Bertz CT molecular complexity index is 771. The third kappa shape index (κ3) is 4.33. The number of carboxylic acid groups (broad SMARTS) is 1. The van der Waals surface area contributed by atoms with Gasteiger partial charge in [0.05, 0.1) is 11.8 Å². The van der Waals surface area contributed by atoms with E-state index in [0.717, 1.165) is 12.8 Å². The first-order valence-corrected chi connectivity index (χ1v) is 8.70. The van der Waals surface area contributed by atoms with Gasteiger partial charge in [0, 0.05) is 11.4 Å². The predicted molar refractivity (Wildman–Crippen MR) is 99.1 cm³/mol. The van der Waals surface area contributed by atoms with Crippen LogP contribution in [0.2, 0.25) is 0 Å². The van der Waals surface area contributed by atoms with Crippen LogP contribution in [0.25, 0.3) is 0 Å². The minimum atomic E-state index is -0.892. The van der Waals surface area contributed by atoms with Crippen LogP contribution in [-0.2, 0) is 9.59 Å². The van der Waals surface area contributed by atoms with Crippen LogP contribution in [0.1, 0.15) is 25.7 Å². The number of benzene rings is 2. The van der Waals surface area contributed by atoms with Gasteiger partial charge in [-0.3, -0.25) is 9.59 Å². The second kappa shape index (κ2) is 7.91. The summed E-state index contributed by atoms with van der Waals surface area (Å²) >= 11 is 0. The Labute approximate surface area is 152 Å². The number of hydrogen-bond donors (Lipinski definition) is 3. The number of nitrogen functional groups attached to an aromatic ring is 1. The molecule has 0 radical (unpaired) electrons. The summed E-state index contributed by atoms with van der Waals surface area (Å²) in [5, 5.41) is 12.1. The molecule has 0 heterocycles. The van der Waals surface area contributed by atoms with Crippen molar-refractivity contribution in [1.82, 2.24) is 0 Å². The van der Waals surface area contributed by atoms with Gasteiger partial charge in [-0.05, 0) is 61.4 Å². The summed E-state index contributed by atoms with van der Waals surface area (Å²) in [5.74, 6) is -0.901. The minimum Gasteiger partial charge on any atom is -0.481 e. The lowest BCUT2D eigenvalue weighted by Crippen LogP contribution is -2.36. The highest BCUT2D eigenvalue weighted by Gasteiger charge is 2.35. The maximum atomic E-state index is 12.5. The summed E-state index contributed by atoms with van der Waals surface area (Å²) in [6.07, 6.45) is 2.91. The van der Waals surface area contributed by atoms with Gasteiger partial charge in [0.1, 0.15) is 11.5 Å². The summed E-state index contributed by atoms with van der Waals surface area (Å²) in [6.45, 7) is 0. The maximum Gasteiger partial charge on any atom is 0.307 e. The fraction of sp³-hybridized carbons (Fsp3) is 0.300. The molecule has 1 saturated carbocycles. The Morgan fingerprint density at radius 2 is 1.46 bits per heavy atom. The smallest absolute Gasteiger partial charge is 0.307 e. The van der Waals surface area contributed by atoms with Crippen LogP contribution in [-0.4, -0.2) is 17.0 Å². The summed E-state index contributed by atoms with van der Waals surface area (Å²) in [5.41, 5.74) is 6.93. The van der Waals surface area contributed by atoms with Crippen molar-refractivity contribution in [1.29, 1.82) is 0 Å². The average Bonchev–Trinajstić information content (AvgIpc) is 2.65. The number of ether oxygens (including phenoxy) is 1. The molecule has 2 aromatic carbocycles. The van der Waals surface area contributed by atoms with Gasteiger partial charge in [-0.15, -0.1) is 0 Å². The van der Waals surface area contributed by atoms with Crippen molar-refractivity contribution in [2.75, 3.05) is 11.1 Å². The molecule has 1 aliphatic carbocycles. The Balaban J connectivity index is 1.62. The zero-order valence-corrected chi connectivity index (χ0v) is 14.4. The number of hydrogen-bond acceptors (Lipinski definition) is 4. The topological polar surface area (TPSA) is 102 Å². The molecule has 0 aromatic heterocycles. The fourth-order valence-electron chi connectivity index (χ4n) is 3.25. The van der Waals surface area contributed by atoms with E-state index in [1.165, 1.54) is 0 Å². The van der Waals surface area contributed by atoms with Crippen LogP contribution in [0.5, 0.6) is 11.5 Å². The largest absolute Gasteiger partial charge is 0.481 e. The van der Waals surface area contributed by atoms with E-state index in [2.05, 4.69) is 5.32 Å². The van der Waals surface area contributed by atoms with Crippen LogP contribution in [0.15, 0.2) is 48.5 Å². The van der Waals surface area contributed by atoms with Gasteiger partial charge in [0.2, 0.25) is 5.91 Å². The molecule has 3 rings (SSSR count). The van der Waals surface area contributed by atoms with Gasteiger partial charge in [-0.1, -0.05) is 12.8 Å². The number of carboxylic acids is 1. The average molecular weight is 354 g/mol. The molecule has 26 heavy (non-hydrogen) atoms. The van der Waals surface area contributed by atoms with E-state index in [0.29, 0.717) is 35.7 Å². The van der Waals surface area contributed by atoms with Crippen molar-refractivity contribution in [2.45, 2.75) is 25.7 Å². The summed E-state index contributed by atoms with van der Waals surface area (Å²) in [6, 6.07) is 14.1. The van der Waals surface area contributed by atoms with E-state index in [9.17, 15) is 14.7 Å². The highest BCUT2D eigenvalue weighted by atomic mass is 16.5. The molecule has 1 amide bonds. The van der Waals surface area contributed by atoms with Crippen LogP contribution in [0, 0.1) is 11.8 Å². The second-order valence-electron chi connectivity index (χ2n) is 6.52. The molecule has 1 fully saturated rings. The number of aliphatic carboxylic acids is 1. The molecule has 0 saturated heterocycles. The van der Waals surface area contributed by atoms with Crippen molar-refractivity contribution in [3.63, 3.8) is 0 Å². The standard InChI is InChI=1S/C20H22N2O4/c21-13-5-9-15(10-6-13)26-16-11-7-14(8-12-16)22-19(23)17-3-1-2-4-18(17)20(24)25/h5-12,17-18H,1-4,21H2,(H,22,23)(H,24,25). The number of nitrogens with one attached hydrogen (secondary N) is 1. The molecule has 4 N–H and O–H groups in total. The van der Waals surface area contributed by atoms with Crippen molar-refractivity contribution in [2.24, 2.45) is 11.8 Å². The van der Waals surface area contributed by atoms with Crippen molar-refractivity contribution >= 4 is 23.3 Å². The van der Waals surface area contributed by atoms with Gasteiger partial charge in [0.25, 0.3) is 0 Å². The monoisotopic (exact) mass is 354 g/mol. The van der Waals surface area contributed by atoms with Crippen LogP contribution >= 0.6 is 0 Å². The van der Waals surface area contributed by atoms with Gasteiger partial charge in [-0.2, -0.15) is 0 Å². The molecule has 0 aliphatic heterocycles. The van der Waals surface area contributed by atoms with Crippen LogP contribution in [0.4, 0.5) is 11.4 Å². The molecular formula is C20H22N2O4. The van der Waals surface area contributed by atoms with E-state index in [1.807, 2.05) is 0 Å². The van der Waals surface area contributed by atoms with Gasteiger partial charge in [-0.25, -0.2) is 0 Å². The molecule has 136 valence electrons. The summed E-state index contributed by atoms with van der Waals surface area (Å²) in [7, 11) is 0.